The van der Waals surface area contributed by atoms with E-state index in [2.05, 4.69) is 248 Å². The van der Waals surface area contributed by atoms with Crippen LogP contribution in [-0.4, -0.2) is 0 Å². The topological polar surface area (TPSA) is 16.4 Å². The van der Waals surface area contributed by atoms with Gasteiger partial charge in [0.25, 0.3) is 0 Å². The molecular formula is C67H43NOS. The van der Waals surface area contributed by atoms with E-state index in [1.807, 2.05) is 17.4 Å². The minimum atomic E-state index is -0.614. The van der Waals surface area contributed by atoms with Crippen molar-refractivity contribution in [2.24, 2.45) is 0 Å². The summed E-state index contributed by atoms with van der Waals surface area (Å²) in [6.45, 7) is 0. The summed E-state index contributed by atoms with van der Waals surface area (Å²) in [5.74, 6) is 0.317. The van der Waals surface area contributed by atoms with Crippen molar-refractivity contribution < 1.29 is 4.42 Å². The number of fused-ring (bicyclic) bond motifs is 18. The molecule has 0 N–H and O–H groups in total. The summed E-state index contributed by atoms with van der Waals surface area (Å²) in [7, 11) is 0. The molecule has 15 rings (SSSR count). The van der Waals surface area contributed by atoms with Crippen molar-refractivity contribution in [3.05, 3.63) is 282 Å². The maximum atomic E-state index is 6.56. The number of para-hydroxylation sites is 3. The average Bonchev–Trinajstić information content (AvgIpc) is 4.07. The maximum Gasteiger partial charge on any atom is 0.143 e. The average molecular weight is 910 g/mol. The summed E-state index contributed by atoms with van der Waals surface area (Å²) in [5.41, 5.74) is 19.7. The van der Waals surface area contributed by atoms with Crippen LogP contribution in [0.2, 0.25) is 0 Å². The second kappa shape index (κ2) is 15.3. The fourth-order valence-electron chi connectivity index (χ4n) is 12.6. The third-order valence-electron chi connectivity index (χ3n) is 15.5. The molecule has 0 amide bonds. The van der Waals surface area contributed by atoms with Crippen LogP contribution in [0, 0.1) is 0 Å². The van der Waals surface area contributed by atoms with Crippen molar-refractivity contribution >= 4 is 70.5 Å². The van der Waals surface area contributed by atoms with Gasteiger partial charge in [-0.1, -0.05) is 194 Å². The molecule has 70 heavy (non-hydrogen) atoms. The lowest BCUT2D eigenvalue weighted by atomic mass is 9.66. The number of furan rings is 1. The fourth-order valence-corrected chi connectivity index (χ4v) is 13.7. The third-order valence-corrected chi connectivity index (χ3v) is 16.7. The van der Waals surface area contributed by atoms with Crippen LogP contribution in [-0.2, 0) is 5.41 Å². The Labute approximate surface area is 410 Å². The van der Waals surface area contributed by atoms with Crippen molar-refractivity contribution in [1.29, 1.82) is 0 Å². The summed E-state index contributed by atoms with van der Waals surface area (Å²) in [6.07, 6.45) is 9.39. The van der Waals surface area contributed by atoms with E-state index < -0.39 is 5.41 Å². The van der Waals surface area contributed by atoms with Crippen molar-refractivity contribution in [2.75, 3.05) is 4.90 Å². The SMILES string of the molecule is C1=CC2c3ccccc3C3(c4ccccc4-c4cc5c(cc43)sc3ccccc35)c3cc(N(c4ccc(-c5cccc6c5oc5ccccc56)cc4)c4ccccc4-c4ccccc4)ccc3C2C=C1. The molecule has 3 atom stereocenters. The van der Waals surface area contributed by atoms with E-state index in [0.717, 1.165) is 50.1 Å². The minimum absolute atomic E-state index is 0.143. The van der Waals surface area contributed by atoms with E-state index in [1.165, 1.54) is 75.8 Å². The van der Waals surface area contributed by atoms with Crippen molar-refractivity contribution in [2.45, 2.75) is 17.3 Å². The fraction of sp³-hybridized carbons (Fsp3) is 0.0448. The van der Waals surface area contributed by atoms with Gasteiger partial charge in [0.1, 0.15) is 11.2 Å². The van der Waals surface area contributed by atoms with Crippen LogP contribution < -0.4 is 4.90 Å². The van der Waals surface area contributed by atoms with E-state index in [0.29, 0.717) is 0 Å². The van der Waals surface area contributed by atoms with Gasteiger partial charge in [-0.3, -0.25) is 0 Å². The summed E-state index contributed by atoms with van der Waals surface area (Å²) < 4.78 is 9.20. The van der Waals surface area contributed by atoms with Gasteiger partial charge in [0.2, 0.25) is 0 Å². The lowest BCUT2D eigenvalue weighted by molar-refractivity contribution is 0.670. The second-order valence-corrected chi connectivity index (χ2v) is 20.1. The Morgan fingerprint density at radius 2 is 1.03 bits per heavy atom. The number of allylic oxidation sites excluding steroid dienone is 4. The maximum absolute atomic E-state index is 6.56. The van der Waals surface area contributed by atoms with Crippen LogP contribution in [0.4, 0.5) is 17.1 Å². The number of nitrogens with zero attached hydrogens (tertiary/aromatic N) is 1. The third kappa shape index (κ3) is 5.61. The van der Waals surface area contributed by atoms with Crippen LogP contribution in [0.15, 0.2) is 253 Å². The van der Waals surface area contributed by atoms with Gasteiger partial charge in [0.15, 0.2) is 0 Å². The summed E-state index contributed by atoms with van der Waals surface area (Å²) in [4.78, 5) is 2.49. The van der Waals surface area contributed by atoms with Gasteiger partial charge >= 0.3 is 0 Å². The van der Waals surface area contributed by atoms with Gasteiger partial charge < -0.3 is 9.32 Å². The first-order valence-electron chi connectivity index (χ1n) is 24.3. The molecule has 10 aromatic carbocycles. The first kappa shape index (κ1) is 39.5. The Balaban J connectivity index is 1.01. The molecule has 0 aliphatic heterocycles. The van der Waals surface area contributed by atoms with E-state index in [1.54, 1.807) is 0 Å². The van der Waals surface area contributed by atoms with E-state index in [4.69, 9.17) is 4.42 Å². The predicted octanol–water partition coefficient (Wildman–Crippen LogP) is 18.4. The molecular weight excluding hydrogens is 867 g/mol. The lowest BCUT2D eigenvalue weighted by Crippen LogP contribution is -2.30. The monoisotopic (exact) mass is 909 g/mol. The van der Waals surface area contributed by atoms with Gasteiger partial charge in [-0.05, 0) is 110 Å². The molecule has 3 heteroatoms. The quantitative estimate of drug-likeness (QED) is 0.171. The molecule has 0 saturated carbocycles. The smallest absolute Gasteiger partial charge is 0.143 e. The number of benzene rings is 10. The molecule has 0 bridgehead atoms. The highest BCUT2D eigenvalue weighted by Gasteiger charge is 2.52. The highest BCUT2D eigenvalue weighted by molar-refractivity contribution is 7.25. The summed E-state index contributed by atoms with van der Waals surface area (Å²) in [6, 6.07) is 83.6. The van der Waals surface area contributed by atoms with E-state index in [-0.39, 0.29) is 11.8 Å². The molecule has 2 aromatic heterocycles. The number of anilines is 3. The van der Waals surface area contributed by atoms with Gasteiger partial charge in [-0.2, -0.15) is 0 Å². The largest absolute Gasteiger partial charge is 0.455 e. The van der Waals surface area contributed by atoms with E-state index in [9.17, 15) is 0 Å². The highest BCUT2D eigenvalue weighted by Crippen LogP contribution is 2.63. The van der Waals surface area contributed by atoms with Crippen LogP contribution in [0.5, 0.6) is 0 Å². The first-order valence-corrected chi connectivity index (χ1v) is 25.1. The van der Waals surface area contributed by atoms with Crippen LogP contribution >= 0.6 is 11.3 Å². The molecule has 2 heterocycles. The normalized spacial score (nSPS) is 17.4. The molecule has 3 unspecified atom stereocenters. The number of thiophene rings is 1. The van der Waals surface area contributed by atoms with Gasteiger partial charge in [0, 0.05) is 65.3 Å². The number of hydrogen-bond donors (Lipinski definition) is 0. The van der Waals surface area contributed by atoms with Gasteiger partial charge in [-0.15, -0.1) is 11.3 Å². The lowest BCUT2D eigenvalue weighted by Gasteiger charge is -2.37. The highest BCUT2D eigenvalue weighted by atomic mass is 32.1. The Morgan fingerprint density at radius 3 is 1.89 bits per heavy atom. The zero-order valence-corrected chi connectivity index (χ0v) is 38.9. The van der Waals surface area contributed by atoms with Crippen LogP contribution in [0.1, 0.15) is 45.2 Å². The van der Waals surface area contributed by atoms with Crippen molar-refractivity contribution in [1.82, 2.24) is 0 Å². The molecule has 1 spiro atoms. The Kier molecular flexibility index (Phi) is 8.60. The van der Waals surface area contributed by atoms with Crippen molar-refractivity contribution in [3.63, 3.8) is 0 Å². The molecule has 2 nitrogen and oxygen atoms in total. The Hall–Kier alpha value is -8.50. The zero-order chi connectivity index (χ0) is 45.9. The number of rotatable bonds is 5. The standard InChI is InChI=1S/C67H43NOS/c1-2-17-42(18-3-1)46-19-8-13-30-62(46)68(44-35-33-43(34-36-44)47-26-16-27-55-53-24-9-14-31-63(53)69-66(47)55)45-37-38-52-49-21-5-4-20-48(49)50-22-6-11-28-58(50)67(60(52)39-45)59-29-12-7-23-51(59)56-40-57-54-25-10-15-32-64(54)70-65(57)41-61(56)67/h1-41,48-49H. The molecule has 3 aliphatic carbocycles. The van der Waals surface area contributed by atoms with Gasteiger partial charge in [0.05, 0.1) is 11.1 Å². The van der Waals surface area contributed by atoms with Crippen LogP contribution in [0.25, 0.3) is 75.5 Å². The molecule has 0 radical (unpaired) electrons. The Morgan fingerprint density at radius 1 is 0.386 bits per heavy atom. The molecule has 0 saturated heterocycles. The molecule has 3 aliphatic rings. The molecule has 12 aromatic rings. The van der Waals surface area contributed by atoms with E-state index >= 15 is 0 Å². The van der Waals surface area contributed by atoms with Crippen LogP contribution in [0.3, 0.4) is 0 Å². The molecule has 328 valence electrons. The Bertz CT molecular complexity index is 4150. The first-order chi connectivity index (χ1) is 34.7. The molecule has 0 fully saturated rings. The second-order valence-electron chi connectivity index (χ2n) is 19.0. The van der Waals surface area contributed by atoms with Gasteiger partial charge in [-0.25, -0.2) is 0 Å². The number of hydrogen-bond acceptors (Lipinski definition) is 3. The minimum Gasteiger partial charge on any atom is -0.455 e. The summed E-state index contributed by atoms with van der Waals surface area (Å²) in [5, 5.41) is 4.91. The summed E-state index contributed by atoms with van der Waals surface area (Å²) >= 11 is 1.91. The van der Waals surface area contributed by atoms with Crippen molar-refractivity contribution in [3.8, 4) is 33.4 Å². The zero-order valence-electron chi connectivity index (χ0n) is 38.1. The predicted molar refractivity (Wildman–Crippen MR) is 293 cm³/mol.